The molecule has 4 aliphatic rings. The maximum Gasteiger partial charge on any atom is 0.407 e. The molecule has 3 aliphatic heterocycles. The number of carbonyl (C=O) groups is 2. The average molecular weight is 541 g/mol. The van der Waals surface area contributed by atoms with Crippen LogP contribution in [0, 0.1) is 6.42 Å². The molecule has 0 aromatic rings. The quantitative estimate of drug-likeness (QED) is 0.396. The second-order valence-corrected chi connectivity index (χ2v) is 9.67. The molecule has 5 atom stereocenters. The van der Waals surface area contributed by atoms with E-state index in [0.29, 0.717) is 45.8 Å². The summed E-state index contributed by atoms with van der Waals surface area (Å²) in [4.78, 5) is 27.6. The van der Waals surface area contributed by atoms with Crippen LogP contribution in [0.5, 0.6) is 0 Å². The Kier molecular flexibility index (Phi) is 10.4. The minimum Gasteiger partial charge on any atom is -0.444 e. The zero-order valence-corrected chi connectivity index (χ0v) is 22.5. The average Bonchev–Trinajstić information content (AvgIpc) is 3.53. The molecule has 0 unspecified atom stereocenters. The maximum atomic E-state index is 13.1. The molecule has 0 bridgehead atoms. The molecule has 3 N–H and O–H groups in total. The summed E-state index contributed by atoms with van der Waals surface area (Å²) in [5, 5.41) is 17.2. The first kappa shape index (κ1) is 27.3. The number of aliphatic hydroxyl groups excluding tert-OH is 1. The topological polar surface area (TPSA) is 109 Å². The molecule has 1 radical (unpaired) electrons. The fourth-order valence-electron chi connectivity index (χ4n) is 5.54. The van der Waals surface area contributed by atoms with Gasteiger partial charge in [0.05, 0.1) is 31.4 Å². The molecule has 1 spiro atoms. The summed E-state index contributed by atoms with van der Waals surface area (Å²) >= 11 is 0. The van der Waals surface area contributed by atoms with Gasteiger partial charge in [0.25, 0.3) is 0 Å². The molecule has 33 heavy (non-hydrogen) atoms. The van der Waals surface area contributed by atoms with Gasteiger partial charge in [0.1, 0.15) is 6.10 Å². The van der Waals surface area contributed by atoms with Gasteiger partial charge in [0.15, 0.2) is 0 Å². The molecule has 3 saturated heterocycles. The Morgan fingerprint density at radius 3 is 2.76 bits per heavy atom. The fourth-order valence-corrected chi connectivity index (χ4v) is 5.54. The standard InChI is InChI=1S/C23H38N3O6.Y/c1-2-18(24-22(29)32-17-7-10-31-15-17)20(27)14-26(16-5-3-4-6-16)19-13-23(25-21(19)28)8-11-30-12-9-23;/h3,16-20,27H,2,4-15H2,1H3,(H,24,29)(H,25,28);/q-1;/t16-,17+,18+,19+,20-;/m1./s1. The molecule has 1 saturated carbocycles. The van der Waals surface area contributed by atoms with Crippen LogP contribution >= 0.6 is 0 Å². The minimum absolute atomic E-state index is 0. The molecular weight excluding hydrogens is 503 g/mol. The first-order valence-electron chi connectivity index (χ1n) is 12.2. The normalized spacial score (nSPS) is 30.6. The number of nitrogens with one attached hydrogen (secondary N) is 2. The van der Waals surface area contributed by atoms with Crippen molar-refractivity contribution in [2.75, 3.05) is 33.0 Å². The van der Waals surface area contributed by atoms with Gasteiger partial charge in [-0.3, -0.25) is 9.69 Å². The van der Waals surface area contributed by atoms with Gasteiger partial charge in [-0.2, -0.15) is 12.8 Å². The Morgan fingerprint density at radius 2 is 2.12 bits per heavy atom. The van der Waals surface area contributed by atoms with Crippen molar-refractivity contribution in [3.63, 3.8) is 0 Å². The third-order valence-corrected chi connectivity index (χ3v) is 7.50. The van der Waals surface area contributed by atoms with Gasteiger partial charge in [-0.05, 0) is 31.7 Å². The second kappa shape index (κ2) is 12.6. The van der Waals surface area contributed by atoms with E-state index >= 15 is 0 Å². The summed E-state index contributed by atoms with van der Waals surface area (Å²) in [5.41, 5.74) is -0.193. The predicted molar refractivity (Wildman–Crippen MR) is 117 cm³/mol. The summed E-state index contributed by atoms with van der Waals surface area (Å²) in [6.07, 6.45) is 7.31. The first-order valence-corrected chi connectivity index (χ1v) is 12.2. The van der Waals surface area contributed by atoms with E-state index in [1.54, 1.807) is 0 Å². The molecule has 185 valence electrons. The number of aliphatic hydroxyl groups is 1. The van der Waals surface area contributed by atoms with E-state index in [1.807, 2.05) is 6.92 Å². The number of ether oxygens (including phenoxy) is 3. The summed E-state index contributed by atoms with van der Waals surface area (Å²) in [6, 6.07) is -0.478. The zero-order chi connectivity index (χ0) is 22.6. The minimum atomic E-state index is -0.799. The molecule has 1 aliphatic carbocycles. The molecular formula is C23H38N3O6Y-. The Bertz CT molecular complexity index is 650. The molecule has 0 aromatic carbocycles. The summed E-state index contributed by atoms with van der Waals surface area (Å²) in [5.74, 6) is 0.0488. The van der Waals surface area contributed by atoms with Crippen molar-refractivity contribution in [2.24, 2.45) is 0 Å². The van der Waals surface area contributed by atoms with Gasteiger partial charge < -0.3 is 36.4 Å². The van der Waals surface area contributed by atoms with Crippen LogP contribution in [0.3, 0.4) is 0 Å². The summed E-state index contributed by atoms with van der Waals surface area (Å²) in [7, 11) is 0. The van der Waals surface area contributed by atoms with Crippen LogP contribution < -0.4 is 10.6 Å². The number of amides is 2. The van der Waals surface area contributed by atoms with Crippen LogP contribution in [0.15, 0.2) is 0 Å². The number of hydrogen-bond acceptors (Lipinski definition) is 7. The van der Waals surface area contributed by atoms with E-state index in [1.165, 1.54) is 0 Å². The number of hydrogen-bond donors (Lipinski definition) is 3. The van der Waals surface area contributed by atoms with Crippen molar-refractivity contribution in [1.82, 2.24) is 15.5 Å². The van der Waals surface area contributed by atoms with Gasteiger partial charge in [-0.25, -0.2) is 4.79 Å². The van der Waals surface area contributed by atoms with Crippen LogP contribution in [0.25, 0.3) is 0 Å². The number of nitrogens with zero attached hydrogens (tertiary/aromatic N) is 1. The van der Waals surface area contributed by atoms with Crippen molar-refractivity contribution in [1.29, 1.82) is 0 Å². The smallest absolute Gasteiger partial charge is 0.407 e. The Labute approximate surface area is 221 Å². The Hall–Kier alpha value is -0.316. The van der Waals surface area contributed by atoms with Gasteiger partial charge in [0.2, 0.25) is 5.91 Å². The van der Waals surface area contributed by atoms with E-state index < -0.39 is 18.2 Å². The number of carbonyl (C=O) groups excluding carboxylic acids is 2. The van der Waals surface area contributed by atoms with Crippen molar-refractivity contribution in [3.8, 4) is 0 Å². The van der Waals surface area contributed by atoms with Crippen molar-refractivity contribution in [3.05, 3.63) is 6.42 Å². The van der Waals surface area contributed by atoms with E-state index in [-0.39, 0.29) is 62.3 Å². The molecule has 4 fully saturated rings. The van der Waals surface area contributed by atoms with Crippen molar-refractivity contribution >= 4 is 12.0 Å². The SMILES string of the molecule is CC[C@H](NC(=O)O[C@H]1CCOC1)[C@H](O)CN([C@@H]1C[CH-]CC1)[C@H]1CC2(CCOCC2)NC1=O.[Y]. The van der Waals surface area contributed by atoms with E-state index in [0.717, 1.165) is 38.5 Å². The predicted octanol–water partition coefficient (Wildman–Crippen LogP) is 1.13. The summed E-state index contributed by atoms with van der Waals surface area (Å²) < 4.78 is 16.2. The van der Waals surface area contributed by atoms with Crippen LogP contribution in [0.1, 0.15) is 58.3 Å². The zero-order valence-electron chi connectivity index (χ0n) is 19.7. The van der Waals surface area contributed by atoms with Crippen LogP contribution in [-0.4, -0.2) is 90.9 Å². The molecule has 3 heterocycles. The molecule has 2 amide bonds. The molecule has 9 nitrogen and oxygen atoms in total. The third-order valence-electron chi connectivity index (χ3n) is 7.50. The van der Waals surface area contributed by atoms with Crippen molar-refractivity contribution < 1.29 is 61.6 Å². The maximum absolute atomic E-state index is 13.1. The van der Waals surface area contributed by atoms with Crippen molar-refractivity contribution in [2.45, 2.75) is 94.2 Å². The Balaban J connectivity index is 0.00000306. The van der Waals surface area contributed by atoms with Gasteiger partial charge in [0, 0.05) is 64.4 Å². The fraction of sp³-hybridized carbons (Fsp3) is 0.870. The molecule has 4 rings (SSSR count). The molecule has 0 aromatic heterocycles. The third kappa shape index (κ3) is 6.88. The van der Waals surface area contributed by atoms with Crippen LogP contribution in [0.4, 0.5) is 4.79 Å². The van der Waals surface area contributed by atoms with E-state index in [9.17, 15) is 14.7 Å². The molecule has 10 heteroatoms. The number of rotatable bonds is 8. The van der Waals surface area contributed by atoms with E-state index in [2.05, 4.69) is 22.0 Å². The first-order chi connectivity index (χ1) is 15.5. The monoisotopic (exact) mass is 541 g/mol. The largest absolute Gasteiger partial charge is 0.444 e. The van der Waals surface area contributed by atoms with Gasteiger partial charge >= 0.3 is 6.09 Å². The second-order valence-electron chi connectivity index (χ2n) is 9.67. The summed E-state index contributed by atoms with van der Waals surface area (Å²) in [6.45, 7) is 4.63. The van der Waals surface area contributed by atoms with Crippen LogP contribution in [-0.2, 0) is 51.7 Å². The number of alkyl carbamates (subject to hydrolysis) is 1. The van der Waals surface area contributed by atoms with Gasteiger partial charge in [-0.1, -0.05) is 13.3 Å². The van der Waals surface area contributed by atoms with Crippen LogP contribution in [0.2, 0.25) is 0 Å². The Morgan fingerprint density at radius 1 is 1.33 bits per heavy atom. The van der Waals surface area contributed by atoms with E-state index in [4.69, 9.17) is 14.2 Å². The van der Waals surface area contributed by atoms with Gasteiger partial charge in [-0.15, -0.1) is 0 Å².